The molecule has 6 atom stereocenters. The monoisotopic (exact) mass is 406 g/mol. The molecule has 0 unspecified atom stereocenters. The summed E-state index contributed by atoms with van der Waals surface area (Å²) in [5.74, 6) is -2.56. The van der Waals surface area contributed by atoms with E-state index in [0.29, 0.717) is 22.7 Å². The van der Waals surface area contributed by atoms with Gasteiger partial charge in [0.1, 0.15) is 24.0 Å². The van der Waals surface area contributed by atoms with E-state index in [1.54, 1.807) is 24.4 Å². The van der Waals surface area contributed by atoms with Crippen molar-refractivity contribution in [2.24, 2.45) is 11.8 Å². The SMILES string of the molecule is CC[C@@H](C)N1C(=O)[C@@H]2[C@@H]([C@@H](C)O)[NH2+][C@@]3(C(=O)Nc4c3ccc(Cl)c4C)[C@@H]2C1=O. The first-order valence-electron chi connectivity index (χ1n) is 9.68. The number of nitrogens with zero attached hydrogens (tertiary/aromatic N) is 1. The number of hydrogen-bond acceptors (Lipinski definition) is 4. The predicted octanol–water partition coefficient (Wildman–Crippen LogP) is 0.522. The molecule has 2 fully saturated rings. The van der Waals surface area contributed by atoms with Crippen molar-refractivity contribution in [2.75, 3.05) is 5.32 Å². The molecule has 2 saturated heterocycles. The van der Waals surface area contributed by atoms with E-state index in [2.05, 4.69) is 5.32 Å². The van der Waals surface area contributed by atoms with Crippen LogP contribution in [0, 0.1) is 18.8 Å². The van der Waals surface area contributed by atoms with Gasteiger partial charge in [0.2, 0.25) is 17.4 Å². The number of aliphatic hydroxyl groups excluding tert-OH is 1. The summed E-state index contributed by atoms with van der Waals surface area (Å²) in [6.45, 7) is 7.15. The number of benzene rings is 1. The molecule has 1 spiro atoms. The number of amides is 3. The number of imide groups is 1. The van der Waals surface area contributed by atoms with Crippen molar-refractivity contribution in [2.45, 2.75) is 57.8 Å². The lowest BCUT2D eigenvalue weighted by Gasteiger charge is -2.29. The van der Waals surface area contributed by atoms with E-state index < -0.39 is 29.5 Å². The minimum absolute atomic E-state index is 0.256. The Morgan fingerprint density at radius 1 is 1.29 bits per heavy atom. The molecule has 4 rings (SSSR count). The van der Waals surface area contributed by atoms with E-state index in [9.17, 15) is 19.5 Å². The predicted molar refractivity (Wildman–Crippen MR) is 102 cm³/mol. The third-order valence-corrected chi connectivity index (χ3v) is 7.20. The van der Waals surface area contributed by atoms with Crippen LogP contribution in [0.3, 0.4) is 0 Å². The first kappa shape index (κ1) is 19.4. The van der Waals surface area contributed by atoms with Crippen LogP contribution in [0.5, 0.6) is 0 Å². The highest BCUT2D eigenvalue weighted by Gasteiger charge is 2.75. The third-order valence-electron chi connectivity index (χ3n) is 6.79. The Hall–Kier alpha value is -1.96. The van der Waals surface area contributed by atoms with Crippen LogP contribution >= 0.6 is 11.6 Å². The van der Waals surface area contributed by atoms with Gasteiger partial charge in [0.15, 0.2) is 0 Å². The van der Waals surface area contributed by atoms with Crippen LogP contribution in [0.15, 0.2) is 12.1 Å². The van der Waals surface area contributed by atoms with Crippen molar-refractivity contribution in [3.05, 3.63) is 28.3 Å². The molecule has 0 aliphatic carbocycles. The summed E-state index contributed by atoms with van der Waals surface area (Å²) >= 11 is 6.23. The van der Waals surface area contributed by atoms with Crippen molar-refractivity contribution in [1.29, 1.82) is 0 Å². The number of fused-ring (bicyclic) bond motifs is 4. The molecule has 3 amide bonds. The molecule has 7 nitrogen and oxygen atoms in total. The Bertz CT molecular complexity index is 902. The number of nitrogens with one attached hydrogen (secondary N) is 1. The van der Waals surface area contributed by atoms with Gasteiger partial charge in [-0.2, -0.15) is 0 Å². The summed E-state index contributed by atoms with van der Waals surface area (Å²) in [5.41, 5.74) is 0.711. The lowest BCUT2D eigenvalue weighted by molar-refractivity contribution is -0.738. The minimum atomic E-state index is -1.27. The number of anilines is 1. The second-order valence-electron chi connectivity index (χ2n) is 8.21. The summed E-state index contributed by atoms with van der Waals surface area (Å²) in [6, 6.07) is 2.63. The molecule has 3 aliphatic rings. The van der Waals surface area contributed by atoms with E-state index in [1.807, 2.05) is 20.8 Å². The summed E-state index contributed by atoms with van der Waals surface area (Å²) < 4.78 is 0. The van der Waals surface area contributed by atoms with Gasteiger partial charge in [0.05, 0.1) is 5.69 Å². The number of hydrogen-bond donors (Lipinski definition) is 3. The van der Waals surface area contributed by atoms with Gasteiger partial charge in [-0.25, -0.2) is 0 Å². The number of nitrogens with two attached hydrogens (primary N) is 1. The molecule has 1 aromatic carbocycles. The molecule has 0 bridgehead atoms. The molecule has 4 N–H and O–H groups in total. The highest BCUT2D eigenvalue weighted by Crippen LogP contribution is 2.51. The quantitative estimate of drug-likeness (QED) is 0.637. The molecule has 150 valence electrons. The van der Waals surface area contributed by atoms with Gasteiger partial charge in [-0.1, -0.05) is 18.5 Å². The number of carbonyl (C=O) groups excluding carboxylic acids is 3. The zero-order chi connectivity index (χ0) is 20.5. The van der Waals surface area contributed by atoms with Gasteiger partial charge in [-0.3, -0.25) is 19.3 Å². The number of carbonyl (C=O) groups is 3. The largest absolute Gasteiger partial charge is 0.387 e. The lowest BCUT2D eigenvalue weighted by atomic mass is 9.76. The molecule has 1 aromatic rings. The van der Waals surface area contributed by atoms with Gasteiger partial charge in [0.25, 0.3) is 5.91 Å². The van der Waals surface area contributed by atoms with Crippen molar-refractivity contribution in [3.63, 3.8) is 0 Å². The Balaban J connectivity index is 1.93. The summed E-state index contributed by atoms with van der Waals surface area (Å²) in [7, 11) is 0. The summed E-state index contributed by atoms with van der Waals surface area (Å²) in [4.78, 5) is 41.2. The molecule has 0 saturated carbocycles. The molecular formula is C20H25ClN3O4+. The maximum atomic E-state index is 13.4. The maximum Gasteiger partial charge on any atom is 0.291 e. The fourth-order valence-electron chi connectivity index (χ4n) is 5.15. The Labute approximate surface area is 168 Å². The fraction of sp³-hybridized carbons (Fsp3) is 0.550. The third kappa shape index (κ3) is 2.21. The standard InChI is InChI=1S/C20H24ClN3O4/c1-5-8(2)24-17(26)13-14(18(24)27)20(23-16(13)10(4)25)11-6-7-12(21)9(3)15(11)22-19(20)28/h6-8,10,13-14,16,23,25H,5H2,1-4H3,(H,22,28)/p+1/t8-,10-,13+,14+,16-,20-/m1/s1. The van der Waals surface area contributed by atoms with E-state index in [-0.39, 0.29) is 23.8 Å². The van der Waals surface area contributed by atoms with Crippen LogP contribution in [0.1, 0.15) is 38.3 Å². The number of halogens is 1. The fourth-order valence-corrected chi connectivity index (χ4v) is 5.31. The van der Waals surface area contributed by atoms with Crippen molar-refractivity contribution < 1.29 is 24.8 Å². The molecule has 0 aromatic heterocycles. The zero-order valence-electron chi connectivity index (χ0n) is 16.3. The van der Waals surface area contributed by atoms with E-state index >= 15 is 0 Å². The first-order chi connectivity index (χ1) is 13.2. The van der Waals surface area contributed by atoms with E-state index in [4.69, 9.17) is 11.6 Å². The van der Waals surface area contributed by atoms with Crippen molar-refractivity contribution in [3.8, 4) is 0 Å². The van der Waals surface area contributed by atoms with Gasteiger partial charge in [-0.05, 0) is 44.9 Å². The van der Waals surface area contributed by atoms with Gasteiger partial charge in [-0.15, -0.1) is 0 Å². The van der Waals surface area contributed by atoms with Crippen molar-refractivity contribution >= 4 is 35.0 Å². The molecule has 3 aliphatic heterocycles. The summed E-state index contributed by atoms with van der Waals surface area (Å²) in [6.07, 6.45) is -0.226. The molecular weight excluding hydrogens is 382 g/mol. The Morgan fingerprint density at radius 2 is 1.96 bits per heavy atom. The topological polar surface area (TPSA) is 103 Å². The average Bonchev–Trinajstić information content (AvgIpc) is 3.24. The average molecular weight is 407 g/mol. The Kier molecular flexibility index (Phi) is 4.34. The van der Waals surface area contributed by atoms with Crippen LogP contribution in [-0.4, -0.2) is 45.9 Å². The Morgan fingerprint density at radius 3 is 2.57 bits per heavy atom. The van der Waals surface area contributed by atoms with Crippen LogP contribution in [0.2, 0.25) is 5.02 Å². The second-order valence-corrected chi connectivity index (χ2v) is 8.62. The first-order valence-corrected chi connectivity index (χ1v) is 10.1. The molecule has 0 radical (unpaired) electrons. The normalized spacial score (nSPS) is 33.3. The van der Waals surface area contributed by atoms with Gasteiger partial charge < -0.3 is 15.7 Å². The lowest BCUT2D eigenvalue weighted by Crippen LogP contribution is -3.00. The number of rotatable bonds is 3. The minimum Gasteiger partial charge on any atom is -0.387 e. The number of quaternary nitrogens is 1. The van der Waals surface area contributed by atoms with Crippen LogP contribution in [-0.2, 0) is 19.9 Å². The maximum absolute atomic E-state index is 13.4. The second kappa shape index (κ2) is 6.27. The molecule has 8 heteroatoms. The summed E-state index contributed by atoms with van der Waals surface area (Å²) in [5, 5.41) is 15.5. The van der Waals surface area contributed by atoms with Gasteiger partial charge >= 0.3 is 0 Å². The van der Waals surface area contributed by atoms with E-state index in [0.717, 1.165) is 5.56 Å². The van der Waals surface area contributed by atoms with Crippen LogP contribution in [0.4, 0.5) is 5.69 Å². The van der Waals surface area contributed by atoms with Crippen LogP contribution in [0.25, 0.3) is 0 Å². The molecule has 3 heterocycles. The number of likely N-dealkylation sites (tertiary alicyclic amines) is 1. The van der Waals surface area contributed by atoms with E-state index in [1.165, 1.54) is 4.90 Å². The number of aliphatic hydroxyl groups is 1. The molecule has 28 heavy (non-hydrogen) atoms. The van der Waals surface area contributed by atoms with Crippen LogP contribution < -0.4 is 10.6 Å². The zero-order valence-corrected chi connectivity index (χ0v) is 17.1. The highest BCUT2D eigenvalue weighted by molar-refractivity contribution is 6.32. The highest BCUT2D eigenvalue weighted by atomic mass is 35.5. The van der Waals surface area contributed by atoms with Crippen molar-refractivity contribution in [1.82, 2.24) is 4.90 Å². The smallest absolute Gasteiger partial charge is 0.291 e. The van der Waals surface area contributed by atoms with Gasteiger partial charge in [0, 0.05) is 16.6 Å².